The molecule has 2 aliphatic rings. The zero-order valence-corrected chi connectivity index (χ0v) is 12.9. The molecule has 0 radical (unpaired) electrons. The molecule has 4 heteroatoms. The van der Waals surface area contributed by atoms with Gasteiger partial charge in [0.15, 0.2) is 0 Å². The first-order valence-electron chi connectivity index (χ1n) is 8.14. The smallest absolute Gasteiger partial charge is 0.251 e. The van der Waals surface area contributed by atoms with Crippen molar-refractivity contribution >= 4 is 5.91 Å². The minimum Gasteiger partial charge on any atom is -0.348 e. The summed E-state index contributed by atoms with van der Waals surface area (Å²) in [5.74, 6) is 0.230. The summed E-state index contributed by atoms with van der Waals surface area (Å²) >= 11 is 0. The Labute approximate surface area is 134 Å². The van der Waals surface area contributed by atoms with E-state index in [1.165, 1.54) is 17.7 Å². The van der Waals surface area contributed by atoms with E-state index in [9.17, 15) is 9.18 Å². The van der Waals surface area contributed by atoms with E-state index in [4.69, 9.17) is 0 Å². The van der Waals surface area contributed by atoms with E-state index in [0.717, 1.165) is 48.2 Å². The first-order chi connectivity index (χ1) is 11.2. The Morgan fingerprint density at radius 2 is 1.74 bits per heavy atom. The fourth-order valence-electron chi connectivity index (χ4n) is 3.64. The van der Waals surface area contributed by atoms with Crippen molar-refractivity contribution < 1.29 is 9.18 Å². The Balaban J connectivity index is 1.85. The molecular formula is C19H19FN2O. The monoisotopic (exact) mass is 310 g/mol. The number of hydrogen-bond donors (Lipinski definition) is 2. The molecule has 2 aromatic rings. The predicted molar refractivity (Wildman–Crippen MR) is 87.9 cm³/mol. The molecule has 2 aromatic carbocycles. The Kier molecular flexibility index (Phi) is 3.62. The Hall–Kier alpha value is -2.20. The van der Waals surface area contributed by atoms with Gasteiger partial charge in [-0.25, -0.2) is 4.39 Å². The Morgan fingerprint density at radius 1 is 1.00 bits per heavy atom. The van der Waals surface area contributed by atoms with Crippen LogP contribution in [0.25, 0.3) is 11.1 Å². The number of amides is 1. The van der Waals surface area contributed by atoms with Crippen LogP contribution < -0.4 is 10.6 Å². The summed E-state index contributed by atoms with van der Waals surface area (Å²) in [4.78, 5) is 12.0. The number of fused-ring (bicyclic) bond motifs is 1. The third-order valence-corrected chi connectivity index (χ3v) is 4.89. The highest BCUT2D eigenvalue weighted by Gasteiger charge is 2.25. The van der Waals surface area contributed by atoms with Crippen LogP contribution in [0.1, 0.15) is 40.2 Å². The summed E-state index contributed by atoms with van der Waals surface area (Å²) in [6.45, 7) is 2.64. The van der Waals surface area contributed by atoms with Crippen molar-refractivity contribution in [2.24, 2.45) is 0 Å². The molecule has 1 amide bonds. The van der Waals surface area contributed by atoms with Gasteiger partial charge in [0.1, 0.15) is 5.82 Å². The van der Waals surface area contributed by atoms with Crippen LogP contribution in [0.5, 0.6) is 0 Å². The normalized spacial score (nSPS) is 17.9. The average molecular weight is 310 g/mol. The highest BCUT2D eigenvalue weighted by Crippen LogP contribution is 2.37. The van der Waals surface area contributed by atoms with Crippen molar-refractivity contribution in [3.8, 4) is 11.1 Å². The molecule has 0 atom stereocenters. The molecular weight excluding hydrogens is 291 g/mol. The zero-order valence-electron chi connectivity index (χ0n) is 12.9. The molecule has 2 N–H and O–H groups in total. The number of halogens is 1. The molecule has 4 rings (SSSR count). The van der Waals surface area contributed by atoms with Crippen molar-refractivity contribution in [1.29, 1.82) is 0 Å². The summed E-state index contributed by atoms with van der Waals surface area (Å²) in [6, 6.07) is 10.7. The van der Waals surface area contributed by atoms with Gasteiger partial charge in [0, 0.05) is 12.1 Å². The van der Waals surface area contributed by atoms with E-state index in [0.29, 0.717) is 12.5 Å². The molecule has 0 saturated carbocycles. The van der Waals surface area contributed by atoms with E-state index in [2.05, 4.69) is 16.7 Å². The lowest BCUT2D eigenvalue weighted by atomic mass is 9.83. The van der Waals surface area contributed by atoms with E-state index in [1.54, 1.807) is 12.1 Å². The summed E-state index contributed by atoms with van der Waals surface area (Å²) < 4.78 is 13.3. The number of hydrogen-bond acceptors (Lipinski definition) is 2. The molecule has 118 valence electrons. The summed E-state index contributed by atoms with van der Waals surface area (Å²) in [7, 11) is 0. The lowest BCUT2D eigenvalue weighted by molar-refractivity contribution is 0.0966. The number of carbonyl (C=O) groups excluding carboxylic acids is 1. The lowest BCUT2D eigenvalue weighted by Gasteiger charge is -2.26. The van der Waals surface area contributed by atoms with Crippen molar-refractivity contribution in [1.82, 2.24) is 10.6 Å². The van der Waals surface area contributed by atoms with Crippen LogP contribution in [0.15, 0.2) is 36.4 Å². The Bertz CT molecular complexity index is 749. The van der Waals surface area contributed by atoms with Gasteiger partial charge in [-0.1, -0.05) is 18.2 Å². The molecule has 1 saturated heterocycles. The lowest BCUT2D eigenvalue weighted by Crippen LogP contribution is -2.27. The summed E-state index contributed by atoms with van der Waals surface area (Å²) in [5, 5.41) is 6.29. The van der Waals surface area contributed by atoms with Gasteiger partial charge in [-0.05, 0) is 72.3 Å². The maximum absolute atomic E-state index is 13.3. The third-order valence-electron chi connectivity index (χ3n) is 4.89. The van der Waals surface area contributed by atoms with Crippen LogP contribution in [0, 0.1) is 5.82 Å². The maximum Gasteiger partial charge on any atom is 0.251 e. The second-order valence-corrected chi connectivity index (χ2v) is 6.31. The molecule has 2 aliphatic heterocycles. The minimum atomic E-state index is -0.240. The van der Waals surface area contributed by atoms with E-state index in [-0.39, 0.29) is 11.7 Å². The zero-order chi connectivity index (χ0) is 15.8. The van der Waals surface area contributed by atoms with Crippen molar-refractivity contribution in [3.05, 3.63) is 58.9 Å². The SMILES string of the molecule is O=C1NCc2cc(C3CCNCC3)c(-c3ccc(F)cc3)cc21. The predicted octanol–water partition coefficient (Wildman–Crippen LogP) is 3.20. The van der Waals surface area contributed by atoms with Crippen LogP contribution in [-0.2, 0) is 6.54 Å². The standard InChI is InChI=1S/C19H19FN2O/c20-15-3-1-12(2-4-15)17-10-18-14(11-22-19(18)23)9-16(17)13-5-7-21-8-6-13/h1-4,9-10,13,21H,5-8,11H2,(H,22,23). The van der Waals surface area contributed by atoms with Gasteiger partial charge >= 0.3 is 0 Å². The van der Waals surface area contributed by atoms with E-state index >= 15 is 0 Å². The fraction of sp³-hybridized carbons (Fsp3) is 0.316. The molecule has 0 bridgehead atoms. The largest absolute Gasteiger partial charge is 0.348 e. The second-order valence-electron chi connectivity index (χ2n) is 6.31. The molecule has 0 aliphatic carbocycles. The number of piperidine rings is 1. The first-order valence-corrected chi connectivity index (χ1v) is 8.14. The average Bonchev–Trinajstić information content (AvgIpc) is 2.96. The van der Waals surface area contributed by atoms with Crippen molar-refractivity contribution in [2.45, 2.75) is 25.3 Å². The van der Waals surface area contributed by atoms with Crippen LogP contribution >= 0.6 is 0 Å². The minimum absolute atomic E-state index is 0.0137. The number of rotatable bonds is 2. The van der Waals surface area contributed by atoms with Crippen molar-refractivity contribution in [3.63, 3.8) is 0 Å². The van der Waals surface area contributed by atoms with Gasteiger partial charge in [-0.2, -0.15) is 0 Å². The summed E-state index contributed by atoms with van der Waals surface area (Å²) in [6.07, 6.45) is 2.18. The van der Waals surface area contributed by atoms with Crippen molar-refractivity contribution in [2.75, 3.05) is 13.1 Å². The van der Waals surface area contributed by atoms with Gasteiger partial charge in [0.05, 0.1) is 0 Å². The number of nitrogens with one attached hydrogen (secondary N) is 2. The second kappa shape index (κ2) is 5.78. The van der Waals surface area contributed by atoms with E-state index in [1.807, 2.05) is 6.07 Å². The molecule has 0 spiro atoms. The number of benzene rings is 2. The summed E-state index contributed by atoms with van der Waals surface area (Å²) in [5.41, 5.74) is 5.15. The molecule has 0 unspecified atom stereocenters. The molecule has 1 fully saturated rings. The fourth-order valence-corrected chi connectivity index (χ4v) is 3.64. The van der Waals surface area contributed by atoms with Crippen LogP contribution in [0.4, 0.5) is 4.39 Å². The Morgan fingerprint density at radius 3 is 2.48 bits per heavy atom. The van der Waals surface area contributed by atoms with Gasteiger partial charge in [-0.15, -0.1) is 0 Å². The van der Waals surface area contributed by atoms with Gasteiger partial charge in [-0.3, -0.25) is 4.79 Å². The van der Waals surface area contributed by atoms with Crippen LogP contribution in [0.2, 0.25) is 0 Å². The highest BCUT2D eigenvalue weighted by atomic mass is 19.1. The number of carbonyl (C=O) groups is 1. The quantitative estimate of drug-likeness (QED) is 0.894. The van der Waals surface area contributed by atoms with Gasteiger partial charge in [0.2, 0.25) is 0 Å². The molecule has 3 nitrogen and oxygen atoms in total. The van der Waals surface area contributed by atoms with Gasteiger partial charge < -0.3 is 10.6 Å². The van der Waals surface area contributed by atoms with E-state index < -0.39 is 0 Å². The molecule has 23 heavy (non-hydrogen) atoms. The van der Waals surface area contributed by atoms with Gasteiger partial charge in [0.25, 0.3) is 5.91 Å². The highest BCUT2D eigenvalue weighted by molar-refractivity contribution is 5.99. The third kappa shape index (κ3) is 2.63. The van der Waals surface area contributed by atoms with Crippen LogP contribution in [0.3, 0.4) is 0 Å². The first kappa shape index (κ1) is 14.4. The van der Waals surface area contributed by atoms with Crippen LogP contribution in [-0.4, -0.2) is 19.0 Å². The molecule has 0 aromatic heterocycles. The maximum atomic E-state index is 13.3. The molecule has 2 heterocycles. The topological polar surface area (TPSA) is 41.1 Å².